The third-order valence-electron chi connectivity index (χ3n) is 5.60. The zero-order valence-corrected chi connectivity index (χ0v) is 19.6. The molecule has 0 saturated carbocycles. The van der Waals surface area contributed by atoms with Crippen LogP contribution in [0.1, 0.15) is 26.6 Å². The van der Waals surface area contributed by atoms with Crippen LogP contribution in [0.2, 0.25) is 0 Å². The average molecular weight is 457 g/mol. The summed E-state index contributed by atoms with van der Waals surface area (Å²) in [5, 5.41) is 7.88. The Labute approximate surface area is 198 Å². The molecule has 1 aliphatic heterocycles. The number of pyridine rings is 1. The lowest BCUT2D eigenvalue weighted by molar-refractivity contribution is 0.122. The van der Waals surface area contributed by atoms with Crippen LogP contribution in [0.3, 0.4) is 0 Å². The van der Waals surface area contributed by atoms with Gasteiger partial charge in [0.1, 0.15) is 6.33 Å². The Morgan fingerprint density at radius 2 is 1.74 bits per heavy atom. The summed E-state index contributed by atoms with van der Waals surface area (Å²) in [6.45, 7) is 9.50. The molecule has 0 bridgehead atoms. The number of anilines is 3. The lowest BCUT2D eigenvalue weighted by atomic mass is 9.96. The van der Waals surface area contributed by atoms with Gasteiger partial charge in [-0.2, -0.15) is 5.10 Å². The number of nitrogens with zero attached hydrogens (tertiary/aromatic N) is 7. The number of hydrogen-bond donors (Lipinski definition) is 1. The minimum atomic E-state index is -0.0909. The molecule has 0 atom stereocenters. The predicted octanol–water partition coefficient (Wildman–Crippen LogP) is 4.00. The molecule has 0 amide bonds. The van der Waals surface area contributed by atoms with Crippen molar-refractivity contribution >= 4 is 17.3 Å². The second-order valence-corrected chi connectivity index (χ2v) is 9.23. The van der Waals surface area contributed by atoms with Crippen molar-refractivity contribution in [3.8, 4) is 16.9 Å². The summed E-state index contributed by atoms with van der Waals surface area (Å²) in [7, 11) is 0. The topological polar surface area (TPSA) is 93.9 Å². The van der Waals surface area contributed by atoms with Gasteiger partial charge in [-0.15, -0.1) is 0 Å². The molecule has 9 nitrogen and oxygen atoms in total. The minimum Gasteiger partial charge on any atom is -0.378 e. The average Bonchev–Trinajstić information content (AvgIpc) is 3.37. The van der Waals surface area contributed by atoms with E-state index in [9.17, 15) is 0 Å². The van der Waals surface area contributed by atoms with Gasteiger partial charge in [-0.05, 0) is 36.4 Å². The molecule has 34 heavy (non-hydrogen) atoms. The number of hydrogen-bond acceptors (Lipinski definition) is 8. The highest BCUT2D eigenvalue weighted by atomic mass is 16.5. The second kappa shape index (κ2) is 9.18. The Bertz CT molecular complexity index is 1260. The zero-order chi connectivity index (χ0) is 23.5. The molecule has 1 aromatic carbocycles. The number of rotatable bonds is 5. The molecule has 4 heterocycles. The van der Waals surface area contributed by atoms with Gasteiger partial charge in [0.05, 0.1) is 36.5 Å². The molecule has 9 heteroatoms. The number of ether oxygens (including phenoxy) is 1. The first-order chi connectivity index (χ1) is 16.5. The van der Waals surface area contributed by atoms with Gasteiger partial charge in [-0.1, -0.05) is 20.8 Å². The van der Waals surface area contributed by atoms with E-state index in [-0.39, 0.29) is 5.41 Å². The molecule has 1 fully saturated rings. The van der Waals surface area contributed by atoms with Gasteiger partial charge < -0.3 is 15.0 Å². The first-order valence-electron chi connectivity index (χ1n) is 11.4. The van der Waals surface area contributed by atoms with Crippen LogP contribution in [-0.4, -0.2) is 56.0 Å². The van der Waals surface area contributed by atoms with E-state index >= 15 is 0 Å². The summed E-state index contributed by atoms with van der Waals surface area (Å²) in [5.41, 5.74) is 4.57. The van der Waals surface area contributed by atoms with E-state index in [0.29, 0.717) is 5.95 Å². The van der Waals surface area contributed by atoms with E-state index in [4.69, 9.17) is 9.72 Å². The second-order valence-electron chi connectivity index (χ2n) is 9.23. The highest BCUT2D eigenvalue weighted by molar-refractivity contribution is 5.66. The molecular formula is C25H28N8O. The molecule has 1 saturated heterocycles. The molecule has 174 valence electrons. The van der Waals surface area contributed by atoms with Gasteiger partial charge in [0, 0.05) is 42.1 Å². The van der Waals surface area contributed by atoms with E-state index in [1.807, 2.05) is 42.7 Å². The Hall–Kier alpha value is -3.85. The minimum absolute atomic E-state index is 0.0909. The van der Waals surface area contributed by atoms with Crippen molar-refractivity contribution in [2.24, 2.45) is 0 Å². The van der Waals surface area contributed by atoms with E-state index < -0.39 is 0 Å². The third kappa shape index (κ3) is 4.89. The standard InChI is InChI=1S/C25H28N8O/c1-25(2,3)23-28-17-33(31-23)20-6-4-19(5-7-20)29-24-27-9-8-22(30-24)18-14-21(16-26-15-18)32-10-12-34-13-11-32/h4-9,14-17H,10-13H2,1-3H3,(H,27,29,30). The Balaban J connectivity index is 1.31. The van der Waals surface area contributed by atoms with Gasteiger partial charge in [-0.3, -0.25) is 4.98 Å². The molecule has 4 aromatic rings. The monoisotopic (exact) mass is 456 g/mol. The summed E-state index contributed by atoms with van der Waals surface area (Å²) in [6.07, 6.45) is 7.21. The molecule has 0 unspecified atom stereocenters. The summed E-state index contributed by atoms with van der Waals surface area (Å²) in [6, 6.07) is 11.9. The molecular weight excluding hydrogens is 428 g/mol. The van der Waals surface area contributed by atoms with E-state index in [1.165, 1.54) is 0 Å². The normalized spacial score (nSPS) is 14.3. The van der Waals surface area contributed by atoms with Crippen LogP contribution >= 0.6 is 0 Å². The third-order valence-corrected chi connectivity index (χ3v) is 5.60. The van der Waals surface area contributed by atoms with Crippen molar-refractivity contribution in [2.75, 3.05) is 36.5 Å². The van der Waals surface area contributed by atoms with Gasteiger partial charge in [0.2, 0.25) is 5.95 Å². The summed E-state index contributed by atoms with van der Waals surface area (Å²) >= 11 is 0. The maximum Gasteiger partial charge on any atom is 0.227 e. The van der Waals surface area contributed by atoms with E-state index in [0.717, 1.165) is 60.4 Å². The summed E-state index contributed by atoms with van der Waals surface area (Å²) in [5.74, 6) is 1.34. The fourth-order valence-electron chi connectivity index (χ4n) is 3.70. The lowest BCUT2D eigenvalue weighted by Gasteiger charge is -2.28. The van der Waals surface area contributed by atoms with Crippen LogP contribution in [0.5, 0.6) is 0 Å². The van der Waals surface area contributed by atoms with Crippen molar-refractivity contribution in [3.63, 3.8) is 0 Å². The smallest absolute Gasteiger partial charge is 0.227 e. The van der Waals surface area contributed by atoms with Crippen molar-refractivity contribution < 1.29 is 4.74 Å². The quantitative estimate of drug-likeness (QED) is 0.482. The SMILES string of the molecule is CC(C)(C)c1ncn(-c2ccc(Nc3nccc(-c4cncc(N5CCOCC5)c4)n3)cc2)n1. The lowest BCUT2D eigenvalue weighted by Crippen LogP contribution is -2.36. The highest BCUT2D eigenvalue weighted by Gasteiger charge is 2.19. The number of nitrogens with one attached hydrogen (secondary N) is 1. The van der Waals surface area contributed by atoms with Crippen molar-refractivity contribution in [3.05, 3.63) is 67.1 Å². The maximum absolute atomic E-state index is 5.46. The summed E-state index contributed by atoms with van der Waals surface area (Å²) < 4.78 is 7.24. The molecule has 0 aliphatic carbocycles. The first kappa shape index (κ1) is 22.0. The largest absolute Gasteiger partial charge is 0.378 e. The van der Waals surface area contributed by atoms with E-state index in [1.54, 1.807) is 17.2 Å². The first-order valence-corrected chi connectivity index (χ1v) is 11.4. The Kier molecular flexibility index (Phi) is 5.93. The van der Waals surface area contributed by atoms with Gasteiger partial charge in [0.15, 0.2) is 5.82 Å². The molecule has 5 rings (SSSR count). The molecule has 1 N–H and O–H groups in total. The zero-order valence-electron chi connectivity index (χ0n) is 19.6. The van der Waals surface area contributed by atoms with Crippen LogP contribution in [0.15, 0.2) is 61.3 Å². The van der Waals surface area contributed by atoms with Crippen LogP contribution in [0, 0.1) is 0 Å². The fraction of sp³-hybridized carbons (Fsp3) is 0.320. The molecule has 0 spiro atoms. The van der Waals surface area contributed by atoms with Crippen molar-refractivity contribution in [1.82, 2.24) is 29.7 Å². The number of benzene rings is 1. The molecule has 3 aromatic heterocycles. The summed E-state index contributed by atoms with van der Waals surface area (Å²) in [4.78, 5) is 20.2. The highest BCUT2D eigenvalue weighted by Crippen LogP contribution is 2.24. The Morgan fingerprint density at radius 1 is 0.941 bits per heavy atom. The van der Waals surface area contributed by atoms with Crippen molar-refractivity contribution in [1.29, 1.82) is 0 Å². The number of aromatic nitrogens is 6. The van der Waals surface area contributed by atoms with Crippen LogP contribution in [0.25, 0.3) is 16.9 Å². The van der Waals surface area contributed by atoms with E-state index in [2.05, 4.69) is 57.1 Å². The fourth-order valence-corrected chi connectivity index (χ4v) is 3.70. The Morgan fingerprint density at radius 3 is 2.47 bits per heavy atom. The predicted molar refractivity (Wildman–Crippen MR) is 132 cm³/mol. The van der Waals surface area contributed by atoms with Crippen LogP contribution in [-0.2, 0) is 10.2 Å². The van der Waals surface area contributed by atoms with Gasteiger partial charge >= 0.3 is 0 Å². The maximum atomic E-state index is 5.46. The molecule has 1 aliphatic rings. The van der Waals surface area contributed by atoms with Crippen molar-refractivity contribution in [2.45, 2.75) is 26.2 Å². The van der Waals surface area contributed by atoms with Crippen LogP contribution in [0.4, 0.5) is 17.3 Å². The molecule has 0 radical (unpaired) electrons. The van der Waals surface area contributed by atoms with Gasteiger partial charge in [0.25, 0.3) is 0 Å². The van der Waals surface area contributed by atoms with Crippen LogP contribution < -0.4 is 10.2 Å². The number of morpholine rings is 1. The van der Waals surface area contributed by atoms with Gasteiger partial charge in [-0.25, -0.2) is 19.6 Å².